The first kappa shape index (κ1) is 14.5. The van der Waals surface area contributed by atoms with E-state index in [1.807, 2.05) is 19.0 Å². The van der Waals surface area contributed by atoms with Gasteiger partial charge in [-0.05, 0) is 26.9 Å². The smallest absolute Gasteiger partial charge is 0.133 e. The standard InChI is InChI=1S/C13H20ClN3O2/c1-16(2)7-8-17-12(11(14)9-15-17)13(19)5-3-10(18)4-6-13/h9,19H,3-8H2,1-2H3. The van der Waals surface area contributed by atoms with Crippen molar-refractivity contribution in [2.45, 2.75) is 37.8 Å². The molecule has 1 aliphatic carbocycles. The average molecular weight is 286 g/mol. The number of aromatic nitrogens is 2. The highest BCUT2D eigenvalue weighted by molar-refractivity contribution is 6.31. The summed E-state index contributed by atoms with van der Waals surface area (Å²) in [6, 6.07) is 0. The maximum atomic E-state index is 11.3. The first-order valence-electron chi connectivity index (χ1n) is 6.53. The molecule has 19 heavy (non-hydrogen) atoms. The third kappa shape index (κ3) is 3.16. The summed E-state index contributed by atoms with van der Waals surface area (Å²) in [7, 11) is 3.97. The quantitative estimate of drug-likeness (QED) is 0.909. The number of carbonyl (C=O) groups is 1. The fourth-order valence-electron chi connectivity index (χ4n) is 2.47. The van der Waals surface area contributed by atoms with E-state index < -0.39 is 5.60 Å². The summed E-state index contributed by atoms with van der Waals surface area (Å²) in [5.41, 5.74) is -0.364. The number of hydrogen-bond donors (Lipinski definition) is 1. The third-order valence-corrected chi connectivity index (χ3v) is 3.91. The summed E-state index contributed by atoms with van der Waals surface area (Å²) in [4.78, 5) is 13.4. The fourth-order valence-corrected chi connectivity index (χ4v) is 2.79. The summed E-state index contributed by atoms with van der Waals surface area (Å²) in [5.74, 6) is 0.208. The van der Waals surface area contributed by atoms with E-state index in [0.717, 1.165) is 6.54 Å². The Morgan fingerprint density at radius 3 is 2.68 bits per heavy atom. The van der Waals surface area contributed by atoms with Crippen molar-refractivity contribution in [3.8, 4) is 0 Å². The number of hydrogen-bond acceptors (Lipinski definition) is 4. The van der Waals surface area contributed by atoms with Crippen molar-refractivity contribution in [2.24, 2.45) is 0 Å². The fraction of sp³-hybridized carbons (Fsp3) is 0.692. The molecule has 2 rings (SSSR count). The van der Waals surface area contributed by atoms with Crippen molar-refractivity contribution < 1.29 is 9.90 Å². The summed E-state index contributed by atoms with van der Waals surface area (Å²) >= 11 is 6.18. The van der Waals surface area contributed by atoms with E-state index >= 15 is 0 Å². The number of ketones is 1. The zero-order chi connectivity index (χ0) is 14.0. The van der Waals surface area contributed by atoms with E-state index in [1.165, 1.54) is 0 Å². The van der Waals surface area contributed by atoms with Gasteiger partial charge in [-0.2, -0.15) is 5.10 Å². The molecule has 1 aromatic rings. The van der Waals surface area contributed by atoms with E-state index in [0.29, 0.717) is 42.9 Å². The van der Waals surface area contributed by atoms with Gasteiger partial charge in [0.25, 0.3) is 0 Å². The van der Waals surface area contributed by atoms with Crippen LogP contribution in [-0.2, 0) is 16.9 Å². The Balaban J connectivity index is 2.23. The van der Waals surface area contributed by atoms with Crippen molar-refractivity contribution >= 4 is 17.4 Å². The lowest BCUT2D eigenvalue weighted by molar-refractivity contribution is -0.126. The molecule has 1 aliphatic rings. The molecule has 1 saturated carbocycles. The van der Waals surface area contributed by atoms with Gasteiger partial charge in [0, 0.05) is 19.4 Å². The molecule has 0 aromatic carbocycles. The predicted octanol–water partition coefficient (Wildman–Crippen LogP) is 1.43. The van der Waals surface area contributed by atoms with Crippen LogP contribution in [0.5, 0.6) is 0 Å². The van der Waals surface area contributed by atoms with Gasteiger partial charge in [-0.25, -0.2) is 0 Å². The number of nitrogens with zero attached hydrogens (tertiary/aromatic N) is 3. The van der Waals surface area contributed by atoms with Gasteiger partial charge in [0.2, 0.25) is 0 Å². The number of rotatable bonds is 4. The van der Waals surface area contributed by atoms with Crippen LogP contribution in [0.1, 0.15) is 31.4 Å². The van der Waals surface area contributed by atoms with Gasteiger partial charge in [0.1, 0.15) is 11.4 Å². The van der Waals surface area contributed by atoms with Crippen LogP contribution in [0.4, 0.5) is 0 Å². The Bertz CT molecular complexity index is 460. The second kappa shape index (κ2) is 5.61. The molecule has 0 radical (unpaired) electrons. The molecule has 1 aromatic heterocycles. The topological polar surface area (TPSA) is 58.4 Å². The van der Waals surface area contributed by atoms with Gasteiger partial charge >= 0.3 is 0 Å². The molecule has 0 saturated heterocycles. The highest BCUT2D eigenvalue weighted by atomic mass is 35.5. The maximum Gasteiger partial charge on any atom is 0.133 e. The van der Waals surface area contributed by atoms with E-state index in [1.54, 1.807) is 10.9 Å². The normalized spacial score (nSPS) is 19.1. The Morgan fingerprint density at radius 1 is 1.47 bits per heavy atom. The van der Waals surface area contributed by atoms with Crippen molar-refractivity contribution in [1.82, 2.24) is 14.7 Å². The molecule has 0 bridgehead atoms. The maximum absolute atomic E-state index is 11.3. The van der Waals surface area contributed by atoms with E-state index in [-0.39, 0.29) is 5.78 Å². The molecule has 0 atom stereocenters. The molecule has 0 unspecified atom stereocenters. The van der Waals surface area contributed by atoms with Crippen LogP contribution in [0.25, 0.3) is 0 Å². The van der Waals surface area contributed by atoms with Crippen LogP contribution in [0.3, 0.4) is 0 Å². The zero-order valence-corrected chi connectivity index (χ0v) is 12.2. The molecule has 0 spiro atoms. The Morgan fingerprint density at radius 2 is 2.11 bits per heavy atom. The first-order chi connectivity index (χ1) is 8.92. The summed E-state index contributed by atoms with van der Waals surface area (Å²) < 4.78 is 1.76. The predicted molar refractivity (Wildman–Crippen MR) is 73.2 cm³/mol. The molecule has 1 fully saturated rings. The molecule has 6 heteroatoms. The van der Waals surface area contributed by atoms with Crippen LogP contribution >= 0.6 is 11.6 Å². The molecule has 1 N–H and O–H groups in total. The molecular weight excluding hydrogens is 266 g/mol. The Kier molecular flexibility index (Phi) is 4.28. The zero-order valence-electron chi connectivity index (χ0n) is 11.4. The van der Waals surface area contributed by atoms with Crippen LogP contribution in [-0.4, -0.2) is 46.2 Å². The summed E-state index contributed by atoms with van der Waals surface area (Å²) in [5, 5.41) is 15.5. The van der Waals surface area contributed by atoms with E-state index in [2.05, 4.69) is 5.10 Å². The van der Waals surface area contributed by atoms with Crippen molar-refractivity contribution in [2.75, 3.05) is 20.6 Å². The largest absolute Gasteiger partial charge is 0.383 e. The molecular formula is C13H20ClN3O2. The minimum absolute atomic E-state index is 0.208. The molecule has 1 heterocycles. The van der Waals surface area contributed by atoms with Crippen LogP contribution in [0.15, 0.2) is 6.20 Å². The highest BCUT2D eigenvalue weighted by Crippen LogP contribution is 2.38. The summed E-state index contributed by atoms with van der Waals surface area (Å²) in [6.45, 7) is 1.49. The average Bonchev–Trinajstić information content (AvgIpc) is 2.73. The Hall–Kier alpha value is -0.910. The number of Topliss-reactive ketones (excluding diaryl/α,β-unsaturated/α-hetero) is 1. The lowest BCUT2D eigenvalue weighted by atomic mass is 9.82. The third-order valence-electron chi connectivity index (χ3n) is 3.63. The molecule has 106 valence electrons. The van der Waals surface area contributed by atoms with Gasteiger partial charge in [-0.15, -0.1) is 0 Å². The second-order valence-electron chi connectivity index (χ2n) is 5.44. The summed E-state index contributed by atoms with van der Waals surface area (Å²) in [6.07, 6.45) is 3.25. The number of aliphatic hydroxyl groups is 1. The SMILES string of the molecule is CN(C)CCn1ncc(Cl)c1C1(O)CCC(=O)CC1. The van der Waals surface area contributed by atoms with E-state index in [4.69, 9.17) is 11.6 Å². The van der Waals surface area contributed by atoms with Crippen LogP contribution < -0.4 is 0 Å². The molecule has 5 nitrogen and oxygen atoms in total. The molecule has 0 aliphatic heterocycles. The number of halogens is 1. The van der Waals surface area contributed by atoms with Crippen LogP contribution in [0, 0.1) is 0 Å². The number of carbonyl (C=O) groups excluding carboxylic acids is 1. The molecule has 0 amide bonds. The van der Waals surface area contributed by atoms with Gasteiger partial charge in [-0.1, -0.05) is 11.6 Å². The minimum Gasteiger partial charge on any atom is -0.383 e. The van der Waals surface area contributed by atoms with Crippen molar-refractivity contribution in [1.29, 1.82) is 0 Å². The van der Waals surface area contributed by atoms with Gasteiger partial charge < -0.3 is 10.0 Å². The second-order valence-corrected chi connectivity index (χ2v) is 5.84. The van der Waals surface area contributed by atoms with Gasteiger partial charge in [-0.3, -0.25) is 9.48 Å². The monoisotopic (exact) mass is 285 g/mol. The first-order valence-corrected chi connectivity index (χ1v) is 6.91. The van der Waals surface area contributed by atoms with Gasteiger partial charge in [0.05, 0.1) is 23.5 Å². The lowest BCUT2D eigenvalue weighted by Crippen LogP contribution is -2.35. The number of likely N-dealkylation sites (N-methyl/N-ethyl adjacent to an activating group) is 1. The van der Waals surface area contributed by atoms with Crippen molar-refractivity contribution in [3.05, 3.63) is 16.9 Å². The van der Waals surface area contributed by atoms with Crippen LogP contribution in [0.2, 0.25) is 5.02 Å². The van der Waals surface area contributed by atoms with E-state index in [9.17, 15) is 9.90 Å². The lowest BCUT2D eigenvalue weighted by Gasteiger charge is -2.32. The van der Waals surface area contributed by atoms with Gasteiger partial charge in [0.15, 0.2) is 0 Å². The van der Waals surface area contributed by atoms with Crippen molar-refractivity contribution in [3.63, 3.8) is 0 Å². The minimum atomic E-state index is -1.02. The Labute approximate surface area is 118 Å². The highest BCUT2D eigenvalue weighted by Gasteiger charge is 2.38.